The van der Waals surface area contributed by atoms with E-state index >= 15 is 4.39 Å². The molecule has 0 unspecified atom stereocenters. The van der Waals surface area contributed by atoms with Crippen molar-refractivity contribution in [3.63, 3.8) is 0 Å². The minimum absolute atomic E-state index is 0.00745. The zero-order chi connectivity index (χ0) is 32.5. The van der Waals surface area contributed by atoms with Gasteiger partial charge in [0.05, 0.1) is 19.7 Å². The van der Waals surface area contributed by atoms with Gasteiger partial charge in [-0.3, -0.25) is 24.6 Å². The molecule has 3 heterocycles. The molecule has 3 aromatic rings. The highest BCUT2D eigenvalue weighted by atomic mass is 19.1. The number of nitrogens with one attached hydrogen (secondary N) is 1. The Morgan fingerprint density at radius 3 is 2.51 bits per heavy atom. The molecule has 7 rings (SSSR count). The topological polar surface area (TPSA) is 95.8 Å². The minimum Gasteiger partial charge on any atom is -0.504 e. The predicted octanol–water partition coefficient (Wildman–Crippen LogP) is 4.83. The SMILES string of the molecule is [C-]#[N+]c1ccc(N2CCN(Cc3ccc(COc4cccc5c4CN([C@H]4CCC(=O)NC4=O)C5=O)c(F)c3)CC2)cc1OCC1CC1. The summed E-state index contributed by atoms with van der Waals surface area (Å²) in [5, 5.41) is 2.31. The molecule has 0 bridgehead atoms. The summed E-state index contributed by atoms with van der Waals surface area (Å²) in [4.78, 5) is 46.8. The second-order valence-electron chi connectivity index (χ2n) is 12.7. The van der Waals surface area contributed by atoms with Gasteiger partial charge in [-0.2, -0.15) is 0 Å². The summed E-state index contributed by atoms with van der Waals surface area (Å²) >= 11 is 0. The van der Waals surface area contributed by atoms with Crippen LogP contribution in [0.25, 0.3) is 4.85 Å². The average molecular weight is 638 g/mol. The van der Waals surface area contributed by atoms with Gasteiger partial charge < -0.3 is 19.3 Å². The van der Waals surface area contributed by atoms with Crippen LogP contribution in [-0.2, 0) is 29.3 Å². The molecule has 1 atom stereocenters. The van der Waals surface area contributed by atoms with Crippen molar-refractivity contribution in [2.24, 2.45) is 5.92 Å². The Morgan fingerprint density at radius 1 is 0.936 bits per heavy atom. The van der Waals surface area contributed by atoms with Crippen molar-refractivity contribution < 1.29 is 28.2 Å². The van der Waals surface area contributed by atoms with Crippen molar-refractivity contribution >= 4 is 29.1 Å². The maximum Gasteiger partial charge on any atom is 0.255 e. The average Bonchev–Trinajstić information content (AvgIpc) is 3.85. The number of fused-ring (bicyclic) bond motifs is 1. The molecular weight excluding hydrogens is 601 g/mol. The van der Waals surface area contributed by atoms with E-state index in [1.165, 1.54) is 17.7 Å². The highest BCUT2D eigenvalue weighted by molar-refractivity contribution is 6.05. The molecule has 2 saturated heterocycles. The van der Waals surface area contributed by atoms with E-state index in [0.717, 1.165) is 37.4 Å². The van der Waals surface area contributed by atoms with Crippen LogP contribution in [0.3, 0.4) is 0 Å². The van der Waals surface area contributed by atoms with Crippen LogP contribution in [0.15, 0.2) is 54.6 Å². The van der Waals surface area contributed by atoms with Gasteiger partial charge in [0.25, 0.3) is 5.91 Å². The number of hydrogen-bond acceptors (Lipinski definition) is 7. The van der Waals surface area contributed by atoms with Crippen LogP contribution in [0, 0.1) is 18.3 Å². The van der Waals surface area contributed by atoms with Gasteiger partial charge in [-0.1, -0.05) is 24.3 Å². The molecule has 242 valence electrons. The van der Waals surface area contributed by atoms with Crippen LogP contribution >= 0.6 is 0 Å². The molecule has 0 radical (unpaired) electrons. The highest BCUT2D eigenvalue weighted by Gasteiger charge is 2.40. The first kappa shape index (κ1) is 30.7. The van der Waals surface area contributed by atoms with Crippen molar-refractivity contribution in [3.8, 4) is 11.5 Å². The first-order valence-corrected chi connectivity index (χ1v) is 16.1. The summed E-state index contributed by atoms with van der Waals surface area (Å²) in [6, 6.07) is 15.5. The first-order chi connectivity index (χ1) is 22.9. The highest BCUT2D eigenvalue weighted by Crippen LogP contribution is 2.36. The summed E-state index contributed by atoms with van der Waals surface area (Å²) in [5.74, 6) is 0.306. The maximum absolute atomic E-state index is 15.2. The zero-order valence-electron chi connectivity index (χ0n) is 26.0. The molecule has 4 aliphatic rings. The van der Waals surface area contributed by atoms with Gasteiger partial charge >= 0.3 is 0 Å². The summed E-state index contributed by atoms with van der Waals surface area (Å²) in [6.07, 6.45) is 2.86. The lowest BCUT2D eigenvalue weighted by Crippen LogP contribution is -2.52. The third-order valence-electron chi connectivity index (χ3n) is 9.42. The largest absolute Gasteiger partial charge is 0.504 e. The lowest BCUT2D eigenvalue weighted by atomic mass is 10.0. The smallest absolute Gasteiger partial charge is 0.255 e. The molecule has 3 fully saturated rings. The van der Waals surface area contributed by atoms with E-state index in [9.17, 15) is 14.4 Å². The van der Waals surface area contributed by atoms with Crippen LogP contribution in [-0.4, -0.2) is 66.3 Å². The Labute approximate surface area is 272 Å². The number of amides is 3. The summed E-state index contributed by atoms with van der Waals surface area (Å²) in [6.45, 7) is 12.2. The number of anilines is 1. The van der Waals surface area contributed by atoms with Crippen LogP contribution in [0.2, 0.25) is 0 Å². The first-order valence-electron chi connectivity index (χ1n) is 16.1. The number of nitrogens with zero attached hydrogens (tertiary/aromatic N) is 4. The Morgan fingerprint density at radius 2 is 1.77 bits per heavy atom. The molecular formula is C36H36FN5O5. The van der Waals surface area contributed by atoms with Crippen molar-refractivity contribution in [2.75, 3.05) is 37.7 Å². The molecule has 1 saturated carbocycles. The van der Waals surface area contributed by atoms with Crippen molar-refractivity contribution in [3.05, 3.63) is 94.1 Å². The number of piperazine rings is 1. The third-order valence-corrected chi connectivity index (χ3v) is 9.42. The van der Waals surface area contributed by atoms with Gasteiger partial charge in [0.15, 0.2) is 0 Å². The lowest BCUT2D eigenvalue weighted by Gasteiger charge is -2.36. The number of piperidine rings is 1. The molecule has 47 heavy (non-hydrogen) atoms. The molecule has 0 spiro atoms. The Bertz CT molecular complexity index is 1760. The van der Waals surface area contributed by atoms with Gasteiger partial charge in [0.1, 0.15) is 30.0 Å². The number of carbonyl (C=O) groups excluding carboxylic acids is 3. The van der Waals surface area contributed by atoms with Crippen LogP contribution < -0.4 is 19.7 Å². The Balaban J connectivity index is 0.933. The van der Waals surface area contributed by atoms with Crippen molar-refractivity contribution in [2.45, 2.75) is 51.4 Å². The van der Waals surface area contributed by atoms with E-state index in [4.69, 9.17) is 16.0 Å². The fraction of sp³-hybridized carbons (Fsp3) is 0.389. The van der Waals surface area contributed by atoms with E-state index in [2.05, 4.69) is 20.0 Å². The van der Waals surface area contributed by atoms with E-state index in [1.54, 1.807) is 30.3 Å². The van der Waals surface area contributed by atoms with Crippen molar-refractivity contribution in [1.82, 2.24) is 15.1 Å². The van der Waals surface area contributed by atoms with Gasteiger partial charge in [-0.05, 0) is 61.1 Å². The van der Waals surface area contributed by atoms with Crippen LogP contribution in [0.5, 0.6) is 11.5 Å². The van der Waals surface area contributed by atoms with Gasteiger partial charge in [0.2, 0.25) is 17.5 Å². The normalized spacial score (nSPS) is 19.7. The maximum atomic E-state index is 15.2. The van der Waals surface area contributed by atoms with Gasteiger partial charge in [-0.25, -0.2) is 9.24 Å². The Kier molecular flexibility index (Phi) is 8.52. The number of hydrogen-bond donors (Lipinski definition) is 1. The summed E-state index contributed by atoms with van der Waals surface area (Å²) in [7, 11) is 0. The minimum atomic E-state index is -0.713. The molecule has 1 aliphatic carbocycles. The van der Waals surface area contributed by atoms with E-state index < -0.39 is 11.9 Å². The van der Waals surface area contributed by atoms with Gasteiger partial charge in [0, 0.05) is 61.5 Å². The zero-order valence-corrected chi connectivity index (χ0v) is 26.0. The van der Waals surface area contributed by atoms with Crippen LogP contribution in [0.1, 0.15) is 52.7 Å². The summed E-state index contributed by atoms with van der Waals surface area (Å²) < 4.78 is 27.2. The standard InChI is InChI=1S/C36H36FN5O5/c1-38-30-10-9-26(18-33(30)46-21-23-5-6-23)41-15-13-40(14-16-41)19-24-7-8-25(29(37)17-24)22-47-32-4-2-3-27-28(32)20-42(36(27)45)31-11-12-34(43)39-35(31)44/h2-4,7-10,17-18,23,31H,5-6,11-16,19-22H2,(H,39,43,44)/t31-/m0/s1. The molecule has 0 aromatic heterocycles. The van der Waals surface area contributed by atoms with E-state index in [1.807, 2.05) is 24.3 Å². The van der Waals surface area contributed by atoms with E-state index in [0.29, 0.717) is 52.9 Å². The molecule has 11 heteroatoms. The molecule has 10 nitrogen and oxygen atoms in total. The summed E-state index contributed by atoms with van der Waals surface area (Å²) in [5.41, 5.74) is 3.99. The second-order valence-corrected chi connectivity index (χ2v) is 12.7. The fourth-order valence-electron chi connectivity index (χ4n) is 6.48. The quantitative estimate of drug-likeness (QED) is 0.252. The number of imide groups is 1. The van der Waals surface area contributed by atoms with Gasteiger partial charge in [-0.15, -0.1) is 0 Å². The number of rotatable bonds is 10. The predicted molar refractivity (Wildman–Crippen MR) is 172 cm³/mol. The monoisotopic (exact) mass is 637 g/mol. The Hall–Kier alpha value is -4.95. The third kappa shape index (κ3) is 6.65. The number of benzene rings is 3. The van der Waals surface area contributed by atoms with E-state index in [-0.39, 0.29) is 43.6 Å². The van der Waals surface area contributed by atoms with Crippen LogP contribution in [0.4, 0.5) is 15.8 Å². The lowest BCUT2D eigenvalue weighted by molar-refractivity contribution is -0.136. The number of ether oxygens (including phenoxy) is 2. The second kappa shape index (κ2) is 13.0. The molecule has 1 N–H and O–H groups in total. The number of halogens is 1. The fourth-order valence-corrected chi connectivity index (χ4v) is 6.48. The molecule has 3 aliphatic heterocycles. The molecule has 3 aromatic carbocycles. The number of carbonyl (C=O) groups is 3. The van der Waals surface area contributed by atoms with Crippen molar-refractivity contribution in [1.29, 1.82) is 0 Å². The molecule has 3 amide bonds.